The van der Waals surface area contributed by atoms with E-state index in [4.69, 9.17) is 0 Å². The second kappa shape index (κ2) is 6.31. The van der Waals surface area contributed by atoms with Crippen LogP contribution in [-0.4, -0.2) is 36.5 Å². The number of hydrogen-bond acceptors (Lipinski definition) is 2. The zero-order valence-corrected chi connectivity index (χ0v) is 11.8. The predicted molar refractivity (Wildman–Crippen MR) is 73.5 cm³/mol. The van der Waals surface area contributed by atoms with E-state index in [9.17, 15) is 13.6 Å². The van der Waals surface area contributed by atoms with E-state index < -0.39 is 11.6 Å². The predicted octanol–water partition coefficient (Wildman–Crippen LogP) is 2.42. The third-order valence-corrected chi connectivity index (χ3v) is 3.82. The highest BCUT2D eigenvalue weighted by Gasteiger charge is 2.29. The Labute approximate surface area is 118 Å². The van der Waals surface area contributed by atoms with Crippen LogP contribution in [0, 0.1) is 17.6 Å². The van der Waals surface area contributed by atoms with Gasteiger partial charge >= 0.3 is 0 Å². The van der Waals surface area contributed by atoms with Crippen LogP contribution in [0.25, 0.3) is 0 Å². The molecule has 2 atom stereocenters. The summed E-state index contributed by atoms with van der Waals surface area (Å²) in [4.78, 5) is 13.9. The van der Waals surface area contributed by atoms with Crippen molar-refractivity contribution in [2.24, 2.45) is 5.92 Å². The molecule has 20 heavy (non-hydrogen) atoms. The molecule has 1 saturated heterocycles. The third kappa shape index (κ3) is 3.15. The maximum absolute atomic E-state index is 13.7. The van der Waals surface area contributed by atoms with Crippen LogP contribution < -0.4 is 5.32 Å². The molecule has 0 saturated carbocycles. The average molecular weight is 282 g/mol. The van der Waals surface area contributed by atoms with E-state index in [0.29, 0.717) is 25.0 Å². The second-order valence-corrected chi connectivity index (χ2v) is 5.31. The van der Waals surface area contributed by atoms with Crippen molar-refractivity contribution in [2.75, 3.05) is 19.6 Å². The number of amides is 1. The van der Waals surface area contributed by atoms with Crippen molar-refractivity contribution in [3.63, 3.8) is 0 Å². The van der Waals surface area contributed by atoms with Crippen molar-refractivity contribution < 1.29 is 13.6 Å². The maximum Gasteiger partial charge on any atom is 0.256 e. The summed E-state index contributed by atoms with van der Waals surface area (Å²) in [6.07, 6.45) is 0.851. The molecule has 1 fully saturated rings. The van der Waals surface area contributed by atoms with Crippen molar-refractivity contribution >= 4 is 5.91 Å². The molecule has 1 aliphatic heterocycles. The van der Waals surface area contributed by atoms with E-state index in [1.165, 1.54) is 6.07 Å². The Kier molecular flexibility index (Phi) is 4.70. The van der Waals surface area contributed by atoms with E-state index in [2.05, 4.69) is 19.2 Å². The zero-order valence-electron chi connectivity index (χ0n) is 11.8. The van der Waals surface area contributed by atoms with Crippen molar-refractivity contribution in [3.8, 4) is 0 Å². The molecule has 1 aromatic carbocycles. The van der Waals surface area contributed by atoms with Gasteiger partial charge in [-0.1, -0.05) is 13.8 Å². The summed E-state index contributed by atoms with van der Waals surface area (Å²) in [5, 5.41) is 3.39. The molecule has 0 spiro atoms. The van der Waals surface area contributed by atoms with Crippen molar-refractivity contribution in [1.82, 2.24) is 10.2 Å². The first kappa shape index (κ1) is 14.9. The zero-order chi connectivity index (χ0) is 14.7. The van der Waals surface area contributed by atoms with E-state index in [1.54, 1.807) is 4.90 Å². The number of nitrogens with zero attached hydrogens (tertiary/aromatic N) is 1. The number of nitrogens with one attached hydrogen (secondary N) is 1. The molecule has 1 heterocycles. The fraction of sp³-hybridized carbons (Fsp3) is 0.533. The molecule has 0 radical (unpaired) electrons. The van der Waals surface area contributed by atoms with Crippen LogP contribution in [0.5, 0.6) is 0 Å². The molecule has 1 aromatic rings. The molecule has 5 heteroatoms. The van der Waals surface area contributed by atoms with Crippen LogP contribution in [-0.2, 0) is 0 Å². The van der Waals surface area contributed by atoms with Gasteiger partial charge in [0.05, 0.1) is 5.56 Å². The first-order chi connectivity index (χ1) is 9.52. The number of benzene rings is 1. The quantitative estimate of drug-likeness (QED) is 0.923. The Balaban J connectivity index is 2.07. The summed E-state index contributed by atoms with van der Waals surface area (Å²) < 4.78 is 26.5. The van der Waals surface area contributed by atoms with Gasteiger partial charge in [0.15, 0.2) is 0 Å². The third-order valence-electron chi connectivity index (χ3n) is 3.82. The largest absolute Gasteiger partial charge is 0.338 e. The number of carbonyl (C=O) groups is 1. The highest BCUT2D eigenvalue weighted by Crippen LogP contribution is 2.20. The number of likely N-dealkylation sites (tertiary alicyclic amines) is 1. The molecule has 1 amide bonds. The first-order valence-electron chi connectivity index (χ1n) is 7.00. The molecular formula is C15H20F2N2O. The first-order valence-corrected chi connectivity index (χ1v) is 7.00. The Morgan fingerprint density at radius 1 is 1.45 bits per heavy atom. The van der Waals surface area contributed by atoms with Gasteiger partial charge in [0.25, 0.3) is 5.91 Å². The van der Waals surface area contributed by atoms with Crippen LogP contribution in [0.15, 0.2) is 18.2 Å². The Morgan fingerprint density at radius 2 is 2.20 bits per heavy atom. The minimum atomic E-state index is -0.795. The average Bonchev–Trinajstić information content (AvgIpc) is 2.40. The van der Waals surface area contributed by atoms with E-state index in [0.717, 1.165) is 25.1 Å². The van der Waals surface area contributed by atoms with Crippen LogP contribution in [0.4, 0.5) is 8.78 Å². The fourth-order valence-electron chi connectivity index (χ4n) is 2.73. The number of hydrogen-bond donors (Lipinski definition) is 1. The maximum atomic E-state index is 13.7. The molecule has 1 N–H and O–H groups in total. The number of piperidine rings is 1. The van der Waals surface area contributed by atoms with E-state index in [-0.39, 0.29) is 11.5 Å². The van der Waals surface area contributed by atoms with Gasteiger partial charge in [0, 0.05) is 25.2 Å². The standard InChI is InChI=1S/C15H20F2N2O/c1-3-18-14-6-7-19(9-10(14)2)15(20)12-5-4-11(16)8-13(12)17/h4-5,8,10,14,18H,3,6-7,9H2,1-2H3. The second-order valence-electron chi connectivity index (χ2n) is 5.31. The summed E-state index contributed by atoms with van der Waals surface area (Å²) in [6, 6.07) is 3.48. The van der Waals surface area contributed by atoms with Gasteiger partial charge in [0.1, 0.15) is 11.6 Å². The van der Waals surface area contributed by atoms with Crippen molar-refractivity contribution in [1.29, 1.82) is 0 Å². The van der Waals surface area contributed by atoms with Crippen molar-refractivity contribution in [2.45, 2.75) is 26.3 Å². The van der Waals surface area contributed by atoms with Gasteiger partial charge in [-0.05, 0) is 31.0 Å². The summed E-state index contributed by atoms with van der Waals surface area (Å²) in [5.74, 6) is -1.50. The lowest BCUT2D eigenvalue weighted by molar-refractivity contribution is 0.0641. The Hall–Kier alpha value is -1.49. The SMILES string of the molecule is CCNC1CCN(C(=O)c2ccc(F)cc2F)CC1C. The van der Waals surface area contributed by atoms with Gasteiger partial charge in [-0.3, -0.25) is 4.79 Å². The molecule has 0 aromatic heterocycles. The van der Waals surface area contributed by atoms with E-state index >= 15 is 0 Å². The van der Waals surface area contributed by atoms with Gasteiger partial charge < -0.3 is 10.2 Å². The molecule has 3 nitrogen and oxygen atoms in total. The molecule has 0 aliphatic carbocycles. The Bertz CT molecular complexity index is 493. The van der Waals surface area contributed by atoms with Crippen LogP contribution in [0.3, 0.4) is 0 Å². The fourth-order valence-corrected chi connectivity index (χ4v) is 2.73. The van der Waals surface area contributed by atoms with Gasteiger partial charge in [-0.15, -0.1) is 0 Å². The van der Waals surface area contributed by atoms with E-state index in [1.807, 2.05) is 0 Å². The number of carbonyl (C=O) groups excluding carboxylic acids is 1. The molecule has 1 aliphatic rings. The lowest BCUT2D eigenvalue weighted by atomic mass is 9.93. The lowest BCUT2D eigenvalue weighted by Gasteiger charge is -2.37. The highest BCUT2D eigenvalue weighted by molar-refractivity contribution is 5.94. The summed E-state index contributed by atoms with van der Waals surface area (Å²) in [6.45, 7) is 6.21. The van der Waals surface area contributed by atoms with Crippen molar-refractivity contribution in [3.05, 3.63) is 35.4 Å². The van der Waals surface area contributed by atoms with Gasteiger partial charge in [-0.25, -0.2) is 8.78 Å². The molecular weight excluding hydrogens is 262 g/mol. The van der Waals surface area contributed by atoms with Crippen LogP contribution in [0.2, 0.25) is 0 Å². The molecule has 2 rings (SSSR count). The van der Waals surface area contributed by atoms with Crippen LogP contribution in [0.1, 0.15) is 30.6 Å². The van der Waals surface area contributed by atoms with Gasteiger partial charge in [-0.2, -0.15) is 0 Å². The minimum Gasteiger partial charge on any atom is -0.338 e. The normalized spacial score (nSPS) is 22.9. The topological polar surface area (TPSA) is 32.3 Å². The summed E-state index contributed by atoms with van der Waals surface area (Å²) in [5.41, 5.74) is -0.0551. The smallest absolute Gasteiger partial charge is 0.256 e. The molecule has 2 unspecified atom stereocenters. The number of rotatable bonds is 3. The number of halogens is 2. The van der Waals surface area contributed by atoms with Gasteiger partial charge in [0.2, 0.25) is 0 Å². The summed E-state index contributed by atoms with van der Waals surface area (Å²) in [7, 11) is 0. The molecule has 0 bridgehead atoms. The minimum absolute atomic E-state index is 0.0551. The Morgan fingerprint density at radius 3 is 2.80 bits per heavy atom. The summed E-state index contributed by atoms with van der Waals surface area (Å²) >= 11 is 0. The monoisotopic (exact) mass is 282 g/mol. The highest BCUT2D eigenvalue weighted by atomic mass is 19.1. The lowest BCUT2D eigenvalue weighted by Crippen LogP contribution is -2.50. The van der Waals surface area contributed by atoms with Crippen LogP contribution >= 0.6 is 0 Å². The molecule has 110 valence electrons.